The maximum absolute atomic E-state index is 13.4. The second kappa shape index (κ2) is 7.27. The predicted octanol–water partition coefficient (Wildman–Crippen LogP) is 2.25. The topological polar surface area (TPSA) is 117 Å². The van der Waals surface area contributed by atoms with Crippen LogP contribution in [0.3, 0.4) is 0 Å². The second-order valence-corrected chi connectivity index (χ2v) is 7.43. The van der Waals surface area contributed by atoms with Crippen LogP contribution in [0.5, 0.6) is 0 Å². The first-order valence-electron chi connectivity index (χ1n) is 9.33. The third-order valence-electron chi connectivity index (χ3n) is 4.63. The Bertz CT molecular complexity index is 914. The van der Waals surface area contributed by atoms with E-state index in [1.54, 1.807) is 52.0 Å². The van der Waals surface area contributed by atoms with Crippen LogP contribution >= 0.6 is 0 Å². The van der Waals surface area contributed by atoms with Crippen molar-refractivity contribution < 1.29 is 28.6 Å². The molecule has 2 aliphatic rings. The Balaban J connectivity index is 2.33. The monoisotopic (exact) mass is 400 g/mol. The van der Waals surface area contributed by atoms with Crippen molar-refractivity contribution in [2.24, 2.45) is 5.73 Å². The van der Waals surface area contributed by atoms with E-state index in [-0.39, 0.29) is 22.8 Å². The Hall–Kier alpha value is -3.29. The Morgan fingerprint density at radius 1 is 1.03 bits per heavy atom. The molecule has 0 radical (unpaired) electrons. The summed E-state index contributed by atoms with van der Waals surface area (Å²) in [5.41, 5.74) is 4.77. The van der Waals surface area contributed by atoms with Crippen LogP contribution in [0, 0.1) is 0 Å². The smallest absolute Gasteiger partial charge is 0.341 e. The Kier molecular flexibility index (Phi) is 5.13. The van der Waals surface area contributed by atoms with Gasteiger partial charge in [0.1, 0.15) is 22.3 Å². The van der Waals surface area contributed by atoms with Crippen molar-refractivity contribution in [2.45, 2.75) is 52.2 Å². The highest BCUT2D eigenvalue weighted by molar-refractivity contribution is 6.21. The van der Waals surface area contributed by atoms with Gasteiger partial charge in [-0.3, -0.25) is 4.79 Å². The number of hydrogen-bond acceptors (Lipinski definition) is 7. The molecule has 1 aromatic rings. The van der Waals surface area contributed by atoms with Crippen molar-refractivity contribution in [3.05, 3.63) is 52.6 Å². The fourth-order valence-corrected chi connectivity index (χ4v) is 3.69. The van der Waals surface area contributed by atoms with Crippen LogP contribution in [0.2, 0.25) is 0 Å². The molecule has 29 heavy (non-hydrogen) atoms. The molecule has 0 fully saturated rings. The lowest BCUT2D eigenvalue weighted by Gasteiger charge is -2.36. The molecule has 1 spiro atoms. The molecule has 154 valence electrons. The molecule has 0 saturated heterocycles. The maximum atomic E-state index is 13.4. The van der Waals surface area contributed by atoms with E-state index in [0.717, 1.165) is 0 Å². The first kappa shape index (κ1) is 20.4. The molecule has 0 aromatic heterocycles. The van der Waals surface area contributed by atoms with E-state index >= 15 is 0 Å². The van der Waals surface area contributed by atoms with Gasteiger partial charge in [0, 0.05) is 11.3 Å². The summed E-state index contributed by atoms with van der Waals surface area (Å²) in [7, 11) is 0. The van der Waals surface area contributed by atoms with Crippen LogP contribution in [-0.2, 0) is 34.0 Å². The Labute approximate surface area is 168 Å². The molecule has 8 nitrogen and oxygen atoms in total. The predicted molar refractivity (Wildman–Crippen MR) is 104 cm³/mol. The van der Waals surface area contributed by atoms with Crippen LogP contribution in [0.25, 0.3) is 0 Å². The van der Waals surface area contributed by atoms with Crippen LogP contribution in [0.1, 0.15) is 40.2 Å². The zero-order valence-electron chi connectivity index (χ0n) is 17.0. The number of nitrogens with one attached hydrogen (secondary N) is 1. The first-order chi connectivity index (χ1) is 13.6. The molecule has 3 rings (SSSR count). The number of allylic oxidation sites excluding steroid dienone is 1. The summed E-state index contributed by atoms with van der Waals surface area (Å²) in [5, 5.41) is 2.74. The summed E-state index contributed by atoms with van der Waals surface area (Å²) < 4.78 is 16.2. The van der Waals surface area contributed by atoms with Crippen molar-refractivity contribution in [1.82, 2.24) is 0 Å². The van der Waals surface area contributed by atoms with Gasteiger partial charge >= 0.3 is 11.9 Å². The number of nitrogens with two attached hydrogens (primary N) is 1. The number of benzene rings is 1. The standard InChI is InChI=1S/C21H24N2O6/c1-10(2)27-18(24)15-12(5)29-17(22)16(19(25)28-11(3)4)21(15)13-8-6-7-9-14(13)23-20(21)26/h6-11H,22H2,1-5H3,(H,23,26)/t21-/m0/s1. The van der Waals surface area contributed by atoms with Gasteiger partial charge in [0.25, 0.3) is 0 Å². The maximum Gasteiger partial charge on any atom is 0.341 e. The number of para-hydroxylation sites is 1. The van der Waals surface area contributed by atoms with Crippen LogP contribution in [-0.4, -0.2) is 30.1 Å². The minimum absolute atomic E-state index is 0.0844. The second-order valence-electron chi connectivity index (χ2n) is 7.43. The van der Waals surface area contributed by atoms with Crippen molar-refractivity contribution in [2.75, 3.05) is 5.32 Å². The lowest BCUT2D eigenvalue weighted by Crippen LogP contribution is -2.49. The van der Waals surface area contributed by atoms with Gasteiger partial charge in [-0.05, 0) is 40.7 Å². The zero-order chi connectivity index (χ0) is 21.5. The molecule has 8 heteroatoms. The molecule has 0 aliphatic carbocycles. The largest absolute Gasteiger partial charge is 0.459 e. The summed E-state index contributed by atoms with van der Waals surface area (Å²) in [6.45, 7) is 8.21. The molecule has 2 aliphatic heterocycles. The van der Waals surface area contributed by atoms with E-state index in [9.17, 15) is 14.4 Å². The quantitative estimate of drug-likeness (QED) is 0.745. The molecule has 1 atom stereocenters. The normalized spacial score (nSPS) is 20.7. The number of ether oxygens (including phenoxy) is 3. The van der Waals surface area contributed by atoms with Crippen molar-refractivity contribution >= 4 is 23.5 Å². The molecule has 3 N–H and O–H groups in total. The van der Waals surface area contributed by atoms with Crippen LogP contribution in [0.4, 0.5) is 5.69 Å². The number of carbonyl (C=O) groups excluding carboxylic acids is 3. The molecule has 1 aromatic carbocycles. The van der Waals surface area contributed by atoms with Gasteiger partial charge in [-0.15, -0.1) is 0 Å². The number of carbonyl (C=O) groups is 3. The zero-order valence-corrected chi connectivity index (χ0v) is 17.0. The van der Waals surface area contributed by atoms with Crippen molar-refractivity contribution in [3.63, 3.8) is 0 Å². The molecular formula is C21H24N2O6. The number of hydrogen-bond donors (Lipinski definition) is 2. The summed E-state index contributed by atoms with van der Waals surface area (Å²) in [6.07, 6.45) is -0.925. The van der Waals surface area contributed by atoms with Crippen LogP contribution < -0.4 is 11.1 Å². The minimum Gasteiger partial charge on any atom is -0.459 e. The van der Waals surface area contributed by atoms with E-state index in [1.165, 1.54) is 6.92 Å². The SMILES string of the molecule is CC1=C(C(=O)OC(C)C)[C@]2(C(=O)Nc3ccccc32)C(C(=O)OC(C)C)=C(N)O1. The summed E-state index contributed by atoms with van der Waals surface area (Å²) >= 11 is 0. The third kappa shape index (κ3) is 3.14. The van der Waals surface area contributed by atoms with E-state index in [0.29, 0.717) is 11.3 Å². The summed E-state index contributed by atoms with van der Waals surface area (Å²) in [4.78, 5) is 39.5. The highest BCUT2D eigenvalue weighted by atomic mass is 16.6. The van der Waals surface area contributed by atoms with Gasteiger partial charge in [0.15, 0.2) is 0 Å². The van der Waals surface area contributed by atoms with E-state index in [1.807, 2.05) is 0 Å². The van der Waals surface area contributed by atoms with Gasteiger partial charge in [0.05, 0.1) is 12.2 Å². The lowest BCUT2D eigenvalue weighted by molar-refractivity contribution is -0.147. The van der Waals surface area contributed by atoms with Gasteiger partial charge in [-0.2, -0.15) is 0 Å². The average molecular weight is 400 g/mol. The molecular weight excluding hydrogens is 376 g/mol. The highest BCUT2D eigenvalue weighted by Crippen LogP contribution is 2.52. The summed E-state index contributed by atoms with van der Waals surface area (Å²) in [6, 6.07) is 6.78. The Morgan fingerprint density at radius 2 is 1.59 bits per heavy atom. The number of anilines is 1. The van der Waals surface area contributed by atoms with Gasteiger partial charge < -0.3 is 25.3 Å². The molecule has 0 saturated carbocycles. The van der Waals surface area contributed by atoms with Gasteiger partial charge in [-0.25, -0.2) is 9.59 Å². The van der Waals surface area contributed by atoms with Crippen molar-refractivity contribution in [3.8, 4) is 0 Å². The summed E-state index contributed by atoms with van der Waals surface area (Å²) in [5.74, 6) is -2.42. The number of rotatable bonds is 4. The fourth-order valence-electron chi connectivity index (χ4n) is 3.69. The van der Waals surface area contributed by atoms with E-state index < -0.39 is 35.5 Å². The molecule has 2 heterocycles. The van der Waals surface area contributed by atoms with Gasteiger partial charge in [-0.1, -0.05) is 18.2 Å². The highest BCUT2D eigenvalue weighted by Gasteiger charge is 2.61. The fraction of sp³-hybridized carbons (Fsp3) is 0.381. The minimum atomic E-state index is -1.83. The third-order valence-corrected chi connectivity index (χ3v) is 4.63. The van der Waals surface area contributed by atoms with E-state index in [2.05, 4.69) is 5.32 Å². The van der Waals surface area contributed by atoms with Crippen LogP contribution in [0.15, 0.2) is 47.1 Å². The number of esters is 2. The first-order valence-corrected chi connectivity index (χ1v) is 9.33. The van der Waals surface area contributed by atoms with Crippen molar-refractivity contribution in [1.29, 1.82) is 0 Å². The number of amides is 1. The van der Waals surface area contributed by atoms with Gasteiger partial charge in [0.2, 0.25) is 11.8 Å². The van der Waals surface area contributed by atoms with E-state index in [4.69, 9.17) is 19.9 Å². The average Bonchev–Trinajstić information content (AvgIpc) is 2.86. The molecule has 1 amide bonds. The molecule has 0 unspecified atom stereocenters. The molecule has 0 bridgehead atoms. The number of fused-ring (bicyclic) bond motifs is 2. The Morgan fingerprint density at radius 3 is 2.17 bits per heavy atom. The lowest BCUT2D eigenvalue weighted by atomic mass is 9.67.